The molecule has 0 aliphatic heterocycles. The van der Waals surface area contributed by atoms with Gasteiger partial charge in [0, 0.05) is 12.7 Å². The van der Waals surface area contributed by atoms with Crippen LogP contribution in [0, 0.1) is 0 Å². The van der Waals surface area contributed by atoms with Crippen LogP contribution in [0.4, 0.5) is 11.8 Å². The summed E-state index contributed by atoms with van der Waals surface area (Å²) in [5, 5.41) is 14.5. The van der Waals surface area contributed by atoms with E-state index in [1.54, 1.807) is 18.0 Å². The van der Waals surface area contributed by atoms with Gasteiger partial charge in [0.1, 0.15) is 0 Å². The molecule has 0 atom stereocenters. The highest BCUT2D eigenvalue weighted by molar-refractivity contribution is 5.37. The van der Waals surface area contributed by atoms with E-state index in [1.807, 2.05) is 18.2 Å². The van der Waals surface area contributed by atoms with Gasteiger partial charge in [0.25, 0.3) is 0 Å². The van der Waals surface area contributed by atoms with E-state index in [9.17, 15) is 0 Å². The molecule has 0 spiro atoms. The van der Waals surface area contributed by atoms with E-state index in [4.69, 9.17) is 0 Å². The summed E-state index contributed by atoms with van der Waals surface area (Å²) >= 11 is 0. The van der Waals surface area contributed by atoms with Crippen LogP contribution < -0.4 is 10.6 Å². The minimum atomic E-state index is 0.512. The van der Waals surface area contributed by atoms with Crippen molar-refractivity contribution >= 4 is 11.8 Å². The lowest BCUT2D eigenvalue weighted by Gasteiger charge is -2.13. The molecule has 2 aromatic heterocycles. The molecule has 0 unspecified atom stereocenters. The molecule has 3 rings (SSSR count). The minimum absolute atomic E-state index is 0.512. The fraction of sp³-hybridized carbons (Fsp3) is 0.412. The van der Waals surface area contributed by atoms with Gasteiger partial charge in [0.15, 0.2) is 5.82 Å². The van der Waals surface area contributed by atoms with Crippen LogP contribution in [0.15, 0.2) is 42.2 Å². The molecule has 120 valence electrons. The first kappa shape index (κ1) is 15.4. The van der Waals surface area contributed by atoms with Crippen LogP contribution in [0.25, 0.3) is 0 Å². The first-order chi connectivity index (χ1) is 11.4. The van der Waals surface area contributed by atoms with Gasteiger partial charge in [0.2, 0.25) is 5.95 Å². The summed E-state index contributed by atoms with van der Waals surface area (Å²) in [5.74, 6) is 1.26. The van der Waals surface area contributed by atoms with Crippen molar-refractivity contribution in [3.05, 3.63) is 47.9 Å². The van der Waals surface area contributed by atoms with Crippen LogP contribution in [0.3, 0.4) is 0 Å². The Morgan fingerprint density at radius 1 is 1.13 bits per heavy atom. The summed E-state index contributed by atoms with van der Waals surface area (Å²) in [6.45, 7) is 1.46. The van der Waals surface area contributed by atoms with Gasteiger partial charge in [-0.1, -0.05) is 17.7 Å². The molecule has 0 saturated carbocycles. The summed E-state index contributed by atoms with van der Waals surface area (Å²) in [7, 11) is 0. The molecule has 0 bridgehead atoms. The van der Waals surface area contributed by atoms with Gasteiger partial charge in [-0.15, -0.1) is 5.10 Å². The van der Waals surface area contributed by atoms with E-state index in [-0.39, 0.29) is 0 Å². The quantitative estimate of drug-likeness (QED) is 0.765. The molecular formula is C17H22N6. The van der Waals surface area contributed by atoms with Crippen molar-refractivity contribution in [1.82, 2.24) is 20.2 Å². The summed E-state index contributed by atoms with van der Waals surface area (Å²) in [6, 6.07) is 5.81. The van der Waals surface area contributed by atoms with Gasteiger partial charge in [-0.3, -0.25) is 4.98 Å². The SMILES string of the molecule is C1=C(CCNc2cnnc(NCc3ccccn3)n2)CCCC1. The lowest BCUT2D eigenvalue weighted by Crippen LogP contribution is -2.10. The third-order valence-electron chi connectivity index (χ3n) is 3.85. The van der Waals surface area contributed by atoms with E-state index in [0.29, 0.717) is 12.5 Å². The molecule has 0 aromatic carbocycles. The number of nitrogens with zero attached hydrogens (tertiary/aromatic N) is 4. The van der Waals surface area contributed by atoms with Crippen molar-refractivity contribution in [2.45, 2.75) is 38.6 Å². The van der Waals surface area contributed by atoms with Crippen molar-refractivity contribution in [2.24, 2.45) is 0 Å². The van der Waals surface area contributed by atoms with E-state index in [0.717, 1.165) is 24.5 Å². The number of hydrogen-bond acceptors (Lipinski definition) is 6. The molecule has 2 N–H and O–H groups in total. The Labute approximate surface area is 136 Å². The van der Waals surface area contributed by atoms with E-state index in [2.05, 4.69) is 36.9 Å². The molecule has 6 nitrogen and oxygen atoms in total. The van der Waals surface area contributed by atoms with Gasteiger partial charge in [0.05, 0.1) is 18.4 Å². The summed E-state index contributed by atoms with van der Waals surface area (Å²) in [5.41, 5.74) is 2.50. The zero-order valence-corrected chi connectivity index (χ0v) is 13.2. The number of nitrogens with one attached hydrogen (secondary N) is 2. The average Bonchev–Trinajstić information content (AvgIpc) is 2.62. The number of pyridine rings is 1. The van der Waals surface area contributed by atoms with Crippen LogP contribution in [0.5, 0.6) is 0 Å². The van der Waals surface area contributed by atoms with Gasteiger partial charge >= 0.3 is 0 Å². The molecule has 0 fully saturated rings. The Hall–Kier alpha value is -2.50. The highest BCUT2D eigenvalue weighted by Crippen LogP contribution is 2.19. The fourth-order valence-corrected chi connectivity index (χ4v) is 2.62. The number of aromatic nitrogens is 4. The third kappa shape index (κ3) is 5.02. The second-order valence-corrected chi connectivity index (χ2v) is 5.62. The molecule has 1 aliphatic rings. The van der Waals surface area contributed by atoms with Crippen molar-refractivity contribution in [3.63, 3.8) is 0 Å². The monoisotopic (exact) mass is 310 g/mol. The first-order valence-corrected chi connectivity index (χ1v) is 8.15. The maximum absolute atomic E-state index is 4.43. The van der Waals surface area contributed by atoms with Crippen molar-refractivity contribution < 1.29 is 0 Å². The lowest BCUT2D eigenvalue weighted by atomic mass is 9.97. The Morgan fingerprint density at radius 3 is 2.96 bits per heavy atom. The Kier molecular flexibility index (Phi) is 5.50. The molecule has 1 aliphatic carbocycles. The first-order valence-electron chi connectivity index (χ1n) is 8.15. The minimum Gasteiger partial charge on any atom is -0.368 e. The van der Waals surface area contributed by atoms with Crippen LogP contribution >= 0.6 is 0 Å². The molecule has 2 heterocycles. The number of anilines is 2. The predicted molar refractivity (Wildman–Crippen MR) is 91.0 cm³/mol. The van der Waals surface area contributed by atoms with Crippen LogP contribution in [0.1, 0.15) is 37.8 Å². The fourth-order valence-electron chi connectivity index (χ4n) is 2.62. The number of rotatable bonds is 7. The Balaban J connectivity index is 1.48. The number of allylic oxidation sites excluding steroid dienone is 1. The summed E-state index contributed by atoms with van der Waals surface area (Å²) in [6.07, 6.45) is 12.0. The second kappa shape index (κ2) is 8.22. The smallest absolute Gasteiger partial charge is 0.245 e. The largest absolute Gasteiger partial charge is 0.368 e. The number of hydrogen-bond donors (Lipinski definition) is 2. The van der Waals surface area contributed by atoms with Gasteiger partial charge in [-0.05, 0) is 44.2 Å². The molecule has 0 radical (unpaired) electrons. The van der Waals surface area contributed by atoms with Crippen LogP contribution in [-0.4, -0.2) is 26.7 Å². The summed E-state index contributed by atoms with van der Waals surface area (Å²) < 4.78 is 0. The molecule has 0 amide bonds. The van der Waals surface area contributed by atoms with E-state index in [1.165, 1.54) is 25.7 Å². The summed E-state index contributed by atoms with van der Waals surface area (Å²) in [4.78, 5) is 8.68. The molecule has 23 heavy (non-hydrogen) atoms. The highest BCUT2D eigenvalue weighted by atomic mass is 15.3. The van der Waals surface area contributed by atoms with E-state index < -0.39 is 0 Å². The molecular weight excluding hydrogens is 288 g/mol. The van der Waals surface area contributed by atoms with Crippen molar-refractivity contribution in [2.75, 3.05) is 17.2 Å². The molecule has 2 aromatic rings. The predicted octanol–water partition coefficient (Wildman–Crippen LogP) is 3.18. The maximum Gasteiger partial charge on any atom is 0.245 e. The van der Waals surface area contributed by atoms with Gasteiger partial charge < -0.3 is 10.6 Å². The average molecular weight is 310 g/mol. The third-order valence-corrected chi connectivity index (χ3v) is 3.85. The zero-order valence-electron chi connectivity index (χ0n) is 13.2. The van der Waals surface area contributed by atoms with Crippen LogP contribution in [0.2, 0.25) is 0 Å². The van der Waals surface area contributed by atoms with E-state index >= 15 is 0 Å². The Bertz CT molecular complexity index is 641. The second-order valence-electron chi connectivity index (χ2n) is 5.62. The highest BCUT2D eigenvalue weighted by Gasteiger charge is 2.04. The van der Waals surface area contributed by atoms with Gasteiger partial charge in [-0.25, -0.2) is 0 Å². The molecule has 6 heteroatoms. The van der Waals surface area contributed by atoms with Crippen molar-refractivity contribution in [1.29, 1.82) is 0 Å². The lowest BCUT2D eigenvalue weighted by molar-refractivity contribution is 0.679. The standard InChI is InChI=1S/C17H22N6/c1-2-6-14(7-3-1)9-11-19-16-13-21-23-17(22-16)20-12-15-8-4-5-10-18-15/h4-6,8,10,13H,1-3,7,9,11-12H2,(H2,19,20,22,23). The Morgan fingerprint density at radius 2 is 2.13 bits per heavy atom. The van der Waals surface area contributed by atoms with Gasteiger partial charge in [-0.2, -0.15) is 10.1 Å². The van der Waals surface area contributed by atoms with Crippen LogP contribution in [-0.2, 0) is 6.54 Å². The maximum atomic E-state index is 4.43. The molecule has 0 saturated heterocycles. The topological polar surface area (TPSA) is 75.6 Å². The normalized spacial score (nSPS) is 14.2. The zero-order chi connectivity index (χ0) is 15.7. The van der Waals surface area contributed by atoms with Crippen molar-refractivity contribution in [3.8, 4) is 0 Å².